The van der Waals surface area contributed by atoms with Crippen LogP contribution in [0.1, 0.15) is 15.9 Å². The number of quaternary nitrogens is 1. The SMILES string of the molecule is COC/C=C/CNCC1=C2C=NC=C[N+]2(N)C(c2ccc(C(=O)Nc3ccccn3)cc2)=N1. The minimum absolute atomic E-state index is 0.0699. The standard InChI is InChI=1S/C24H25N7O2/c1-33-15-5-4-11-26-16-20-21-17-27-13-14-31(21,25)23(29-20)18-7-9-19(10-8-18)24(32)30-22-6-2-3-12-28-22/h2-10,12-14,17,26H,11,15-16,25H2,1H3/p+1/b5-4+. The molecule has 168 valence electrons. The molecule has 9 nitrogen and oxygen atoms in total. The fourth-order valence-corrected chi connectivity index (χ4v) is 3.50. The number of nitrogens with zero attached hydrogens (tertiary/aromatic N) is 4. The summed E-state index contributed by atoms with van der Waals surface area (Å²) in [6.07, 6.45) is 10.8. The Morgan fingerprint density at radius 2 is 2.03 bits per heavy atom. The summed E-state index contributed by atoms with van der Waals surface area (Å²) >= 11 is 0. The van der Waals surface area contributed by atoms with Crippen LogP contribution in [0.25, 0.3) is 0 Å². The van der Waals surface area contributed by atoms with Gasteiger partial charge in [-0.15, -0.1) is 4.59 Å². The Hall–Kier alpha value is -3.76. The van der Waals surface area contributed by atoms with Gasteiger partial charge in [0.15, 0.2) is 0 Å². The molecule has 33 heavy (non-hydrogen) atoms. The van der Waals surface area contributed by atoms with Crippen LogP contribution in [0.4, 0.5) is 5.82 Å². The van der Waals surface area contributed by atoms with Gasteiger partial charge in [0.1, 0.15) is 17.7 Å². The number of nitrogens with one attached hydrogen (secondary N) is 2. The van der Waals surface area contributed by atoms with Crippen LogP contribution in [-0.4, -0.2) is 54.3 Å². The molecule has 2 aromatic rings. The average Bonchev–Trinajstić information content (AvgIpc) is 3.14. The van der Waals surface area contributed by atoms with Crippen LogP contribution >= 0.6 is 0 Å². The summed E-state index contributed by atoms with van der Waals surface area (Å²) < 4.78 is 4.93. The van der Waals surface area contributed by atoms with Crippen LogP contribution in [0.2, 0.25) is 0 Å². The number of rotatable bonds is 9. The van der Waals surface area contributed by atoms with E-state index in [-0.39, 0.29) is 10.5 Å². The van der Waals surface area contributed by atoms with Crippen molar-refractivity contribution in [3.63, 3.8) is 0 Å². The highest BCUT2D eigenvalue weighted by Crippen LogP contribution is 2.30. The molecule has 1 atom stereocenters. The number of amides is 1. The Kier molecular flexibility index (Phi) is 6.96. The number of nitrogens with two attached hydrogens (primary N) is 1. The van der Waals surface area contributed by atoms with Crippen molar-refractivity contribution in [2.75, 3.05) is 32.1 Å². The topological polar surface area (TPSA) is 114 Å². The Morgan fingerprint density at radius 1 is 1.18 bits per heavy atom. The van der Waals surface area contributed by atoms with Crippen LogP contribution in [0.5, 0.6) is 0 Å². The Labute approximate surface area is 192 Å². The summed E-state index contributed by atoms with van der Waals surface area (Å²) in [5, 5.41) is 6.12. The monoisotopic (exact) mass is 444 g/mol. The van der Waals surface area contributed by atoms with Crippen molar-refractivity contribution in [3.05, 3.63) is 95.7 Å². The highest BCUT2D eigenvalue weighted by atomic mass is 16.5. The fraction of sp³-hybridized carbons (Fsp3) is 0.167. The van der Waals surface area contributed by atoms with Crippen LogP contribution in [0, 0.1) is 0 Å². The minimum atomic E-state index is -0.236. The summed E-state index contributed by atoms with van der Waals surface area (Å²) in [4.78, 5) is 25.7. The van der Waals surface area contributed by atoms with Gasteiger partial charge in [0.25, 0.3) is 11.7 Å². The number of hydrogen-bond donors (Lipinski definition) is 3. The Bertz CT molecular complexity index is 1150. The van der Waals surface area contributed by atoms with Crippen molar-refractivity contribution in [1.29, 1.82) is 0 Å². The molecule has 3 heterocycles. The number of anilines is 1. The average molecular weight is 445 g/mol. The quantitative estimate of drug-likeness (QED) is 0.238. The summed E-state index contributed by atoms with van der Waals surface area (Å²) in [7, 11) is 1.66. The van der Waals surface area contributed by atoms with Crippen molar-refractivity contribution in [1.82, 2.24) is 10.3 Å². The number of ether oxygens (including phenoxy) is 1. The molecule has 1 amide bonds. The van der Waals surface area contributed by atoms with Crippen LogP contribution in [0.3, 0.4) is 0 Å². The van der Waals surface area contributed by atoms with Gasteiger partial charge < -0.3 is 15.4 Å². The van der Waals surface area contributed by atoms with Gasteiger partial charge in [0.05, 0.1) is 24.6 Å². The highest BCUT2D eigenvalue weighted by molar-refractivity contribution is 6.05. The van der Waals surface area contributed by atoms with Crippen molar-refractivity contribution < 1.29 is 14.1 Å². The molecule has 4 rings (SSSR count). The van der Waals surface area contributed by atoms with Gasteiger partial charge in [-0.25, -0.2) is 4.98 Å². The lowest BCUT2D eigenvalue weighted by atomic mass is 10.1. The second-order valence-corrected chi connectivity index (χ2v) is 7.43. The zero-order valence-electron chi connectivity index (χ0n) is 18.3. The first-order valence-corrected chi connectivity index (χ1v) is 10.5. The predicted octanol–water partition coefficient (Wildman–Crippen LogP) is 2.34. The molecule has 1 unspecified atom stereocenters. The summed E-state index contributed by atoms with van der Waals surface area (Å²) in [6, 6.07) is 12.5. The number of methoxy groups -OCH3 is 1. The lowest BCUT2D eigenvalue weighted by molar-refractivity contribution is -0.750. The number of amidine groups is 1. The number of aliphatic imine (C=N–C) groups is 2. The molecule has 0 saturated heterocycles. The second kappa shape index (κ2) is 10.2. The number of fused-ring (bicyclic) bond motifs is 1. The Balaban J connectivity index is 1.50. The summed E-state index contributed by atoms with van der Waals surface area (Å²) in [5.41, 5.74) is 2.95. The first kappa shape index (κ1) is 22.4. The molecule has 0 aliphatic carbocycles. The fourth-order valence-electron chi connectivity index (χ4n) is 3.50. The van der Waals surface area contributed by atoms with E-state index in [9.17, 15) is 4.79 Å². The van der Waals surface area contributed by atoms with Gasteiger partial charge in [0.2, 0.25) is 5.70 Å². The lowest BCUT2D eigenvalue weighted by Gasteiger charge is -2.26. The lowest BCUT2D eigenvalue weighted by Crippen LogP contribution is -2.53. The third-order valence-corrected chi connectivity index (χ3v) is 5.17. The van der Waals surface area contributed by atoms with Crippen molar-refractivity contribution >= 4 is 23.8 Å². The van der Waals surface area contributed by atoms with E-state index in [4.69, 9.17) is 15.6 Å². The van der Waals surface area contributed by atoms with E-state index in [1.165, 1.54) is 0 Å². The van der Waals surface area contributed by atoms with E-state index < -0.39 is 0 Å². The smallest absolute Gasteiger partial charge is 0.264 e. The number of aromatic nitrogens is 1. The van der Waals surface area contributed by atoms with E-state index in [1.54, 1.807) is 56.2 Å². The zero-order valence-corrected chi connectivity index (χ0v) is 18.3. The number of allylic oxidation sites excluding steroid dienone is 1. The maximum absolute atomic E-state index is 12.5. The third kappa shape index (κ3) is 5.02. The van der Waals surface area contributed by atoms with Crippen LogP contribution in [-0.2, 0) is 4.74 Å². The third-order valence-electron chi connectivity index (χ3n) is 5.17. The molecule has 1 aromatic heterocycles. The van der Waals surface area contributed by atoms with E-state index in [2.05, 4.69) is 20.6 Å². The number of pyridine rings is 1. The normalized spacial score (nSPS) is 19.2. The zero-order chi connectivity index (χ0) is 23.1. The molecule has 0 spiro atoms. The molecular weight excluding hydrogens is 418 g/mol. The number of benzene rings is 1. The Morgan fingerprint density at radius 3 is 2.79 bits per heavy atom. The van der Waals surface area contributed by atoms with Crippen LogP contribution < -0.4 is 16.5 Å². The predicted molar refractivity (Wildman–Crippen MR) is 128 cm³/mol. The van der Waals surface area contributed by atoms with E-state index >= 15 is 0 Å². The summed E-state index contributed by atoms with van der Waals surface area (Å²) in [6.45, 7) is 1.80. The molecule has 9 heteroatoms. The van der Waals surface area contributed by atoms with E-state index in [1.807, 2.05) is 30.4 Å². The van der Waals surface area contributed by atoms with Gasteiger partial charge in [-0.2, -0.15) is 10.8 Å². The maximum Gasteiger partial charge on any atom is 0.264 e. The first-order chi connectivity index (χ1) is 16.1. The molecule has 0 saturated carbocycles. The molecule has 2 aliphatic heterocycles. The second-order valence-electron chi connectivity index (χ2n) is 7.43. The van der Waals surface area contributed by atoms with Crippen molar-refractivity contribution in [2.24, 2.45) is 15.8 Å². The summed E-state index contributed by atoms with van der Waals surface area (Å²) in [5.74, 6) is 7.65. The van der Waals surface area contributed by atoms with Gasteiger partial charge in [-0.1, -0.05) is 18.2 Å². The molecule has 0 fully saturated rings. The molecular formula is C24H26N7O2+. The number of carbonyl (C=O) groups is 1. The van der Waals surface area contributed by atoms with Crippen LogP contribution in [0.15, 0.2) is 94.6 Å². The van der Waals surface area contributed by atoms with Gasteiger partial charge in [0, 0.05) is 32.0 Å². The first-order valence-electron chi connectivity index (χ1n) is 10.5. The largest absolute Gasteiger partial charge is 0.381 e. The van der Waals surface area contributed by atoms with E-state index in [0.717, 1.165) is 17.0 Å². The molecule has 0 radical (unpaired) electrons. The van der Waals surface area contributed by atoms with E-state index in [0.29, 0.717) is 36.9 Å². The number of carbonyl (C=O) groups excluding carboxylic acids is 1. The highest BCUT2D eigenvalue weighted by Gasteiger charge is 2.43. The van der Waals surface area contributed by atoms with Crippen molar-refractivity contribution in [3.8, 4) is 0 Å². The van der Waals surface area contributed by atoms with Gasteiger partial charge in [-0.05, 0) is 36.4 Å². The maximum atomic E-state index is 12.5. The van der Waals surface area contributed by atoms with Gasteiger partial charge >= 0.3 is 0 Å². The molecule has 2 aliphatic rings. The van der Waals surface area contributed by atoms with Gasteiger partial charge in [-0.3, -0.25) is 9.79 Å². The van der Waals surface area contributed by atoms with Crippen molar-refractivity contribution in [2.45, 2.75) is 0 Å². The minimum Gasteiger partial charge on any atom is -0.381 e. The molecule has 1 aromatic carbocycles. The molecule has 0 bridgehead atoms. The number of hydrogen-bond acceptors (Lipinski definition) is 7. The molecule has 4 N–H and O–H groups in total.